The third-order valence-electron chi connectivity index (χ3n) is 2.72. The Kier molecular flexibility index (Phi) is 3.71. The zero-order valence-electron chi connectivity index (χ0n) is 9.83. The number of aromatic nitrogens is 2. The SMILES string of the molecule is CCc1nc2ccc(C(=O)I)cc2nc1CC. The van der Waals surface area contributed by atoms with E-state index >= 15 is 0 Å². The van der Waals surface area contributed by atoms with E-state index in [1.54, 1.807) is 28.7 Å². The first-order valence-electron chi connectivity index (χ1n) is 5.65. The Morgan fingerprint density at radius 1 is 1.12 bits per heavy atom. The van der Waals surface area contributed by atoms with E-state index in [9.17, 15) is 4.79 Å². The summed E-state index contributed by atoms with van der Waals surface area (Å²) in [5.41, 5.74) is 4.42. The number of benzene rings is 1. The van der Waals surface area contributed by atoms with E-state index in [1.165, 1.54) is 0 Å². The summed E-state index contributed by atoms with van der Waals surface area (Å²) in [6, 6.07) is 5.49. The van der Waals surface area contributed by atoms with Crippen LogP contribution in [-0.2, 0) is 12.8 Å². The second kappa shape index (κ2) is 5.08. The minimum atomic E-state index is 0.0314. The first kappa shape index (κ1) is 12.4. The largest absolute Gasteiger partial charge is 0.282 e. The Balaban J connectivity index is 2.66. The molecule has 2 rings (SSSR count). The summed E-state index contributed by atoms with van der Waals surface area (Å²) >= 11 is 1.79. The standard InChI is InChI=1S/C13H13IN2O/c1-3-9-10(4-2)16-12-7-8(13(14)17)5-6-11(12)15-9/h5-7H,3-4H2,1-2H3. The van der Waals surface area contributed by atoms with E-state index in [-0.39, 0.29) is 3.79 Å². The van der Waals surface area contributed by atoms with Crippen molar-refractivity contribution < 1.29 is 4.79 Å². The van der Waals surface area contributed by atoms with Crippen LogP contribution in [-0.4, -0.2) is 13.8 Å². The zero-order chi connectivity index (χ0) is 12.4. The lowest BCUT2D eigenvalue weighted by atomic mass is 10.1. The van der Waals surface area contributed by atoms with Gasteiger partial charge >= 0.3 is 0 Å². The van der Waals surface area contributed by atoms with Gasteiger partial charge in [-0.25, -0.2) is 9.97 Å². The van der Waals surface area contributed by atoms with Crippen LogP contribution in [0.25, 0.3) is 11.0 Å². The third kappa shape index (κ3) is 2.46. The van der Waals surface area contributed by atoms with Crippen molar-refractivity contribution in [3.8, 4) is 0 Å². The van der Waals surface area contributed by atoms with Crippen LogP contribution in [0, 0.1) is 0 Å². The molecule has 0 N–H and O–H groups in total. The molecule has 0 aliphatic heterocycles. The lowest BCUT2D eigenvalue weighted by Gasteiger charge is -2.06. The molecule has 0 spiro atoms. The predicted molar refractivity (Wildman–Crippen MR) is 76.6 cm³/mol. The predicted octanol–water partition coefficient (Wildman–Crippen LogP) is 3.33. The maximum atomic E-state index is 11.3. The quantitative estimate of drug-likeness (QED) is 0.636. The molecule has 1 aromatic heterocycles. The molecule has 2 aromatic rings. The van der Waals surface area contributed by atoms with Gasteiger partial charge in [-0.2, -0.15) is 0 Å². The van der Waals surface area contributed by atoms with Crippen molar-refractivity contribution in [1.82, 2.24) is 9.97 Å². The smallest absolute Gasteiger partial charge is 0.222 e. The van der Waals surface area contributed by atoms with Crippen molar-refractivity contribution >= 4 is 37.4 Å². The number of carbonyl (C=O) groups excluding carboxylic acids is 1. The van der Waals surface area contributed by atoms with Crippen LogP contribution >= 0.6 is 22.6 Å². The van der Waals surface area contributed by atoms with Gasteiger partial charge in [-0.05, 0) is 31.0 Å². The summed E-state index contributed by atoms with van der Waals surface area (Å²) in [6.07, 6.45) is 1.76. The molecular formula is C13H13IN2O. The molecule has 88 valence electrons. The molecule has 0 aliphatic carbocycles. The van der Waals surface area contributed by atoms with Gasteiger partial charge in [0.25, 0.3) is 0 Å². The molecule has 17 heavy (non-hydrogen) atoms. The van der Waals surface area contributed by atoms with E-state index < -0.39 is 0 Å². The Labute approximate surface area is 114 Å². The second-order valence-electron chi connectivity index (χ2n) is 3.80. The van der Waals surface area contributed by atoms with E-state index in [0.29, 0.717) is 5.56 Å². The van der Waals surface area contributed by atoms with Gasteiger partial charge in [0.15, 0.2) is 0 Å². The van der Waals surface area contributed by atoms with Crippen LogP contribution in [0.2, 0.25) is 0 Å². The summed E-state index contributed by atoms with van der Waals surface area (Å²) in [5, 5.41) is 0. The van der Waals surface area contributed by atoms with Crippen molar-refractivity contribution in [2.24, 2.45) is 0 Å². The van der Waals surface area contributed by atoms with Crippen molar-refractivity contribution in [1.29, 1.82) is 0 Å². The monoisotopic (exact) mass is 340 g/mol. The highest BCUT2D eigenvalue weighted by Crippen LogP contribution is 2.17. The minimum Gasteiger partial charge on any atom is -0.282 e. The van der Waals surface area contributed by atoms with Crippen LogP contribution in [0.3, 0.4) is 0 Å². The van der Waals surface area contributed by atoms with Gasteiger partial charge in [-0.3, -0.25) is 4.79 Å². The lowest BCUT2D eigenvalue weighted by Crippen LogP contribution is -2.01. The van der Waals surface area contributed by atoms with Gasteiger partial charge in [0.1, 0.15) is 0 Å². The van der Waals surface area contributed by atoms with Crippen LogP contribution in [0.1, 0.15) is 35.6 Å². The highest BCUT2D eigenvalue weighted by molar-refractivity contribution is 14.1. The topological polar surface area (TPSA) is 42.9 Å². The fraction of sp³-hybridized carbons (Fsp3) is 0.308. The van der Waals surface area contributed by atoms with Gasteiger partial charge in [0, 0.05) is 28.2 Å². The molecule has 0 atom stereocenters. The highest BCUT2D eigenvalue weighted by atomic mass is 127. The Hall–Kier alpha value is -1.04. The third-order valence-corrected chi connectivity index (χ3v) is 3.34. The number of rotatable bonds is 3. The molecule has 0 fully saturated rings. The van der Waals surface area contributed by atoms with Crippen molar-refractivity contribution in [2.45, 2.75) is 26.7 Å². The number of fused-ring (bicyclic) bond motifs is 1. The number of hydrogen-bond acceptors (Lipinski definition) is 3. The molecule has 0 radical (unpaired) electrons. The Bertz CT molecular complexity index is 581. The fourth-order valence-electron chi connectivity index (χ4n) is 1.82. The van der Waals surface area contributed by atoms with Crippen LogP contribution in [0.4, 0.5) is 0 Å². The number of nitrogens with zero attached hydrogens (tertiary/aromatic N) is 2. The molecule has 0 aliphatic rings. The molecule has 1 heterocycles. The van der Waals surface area contributed by atoms with Crippen LogP contribution in [0.15, 0.2) is 18.2 Å². The van der Waals surface area contributed by atoms with Gasteiger partial charge in [0.05, 0.1) is 22.4 Å². The molecule has 0 bridgehead atoms. The van der Waals surface area contributed by atoms with Crippen molar-refractivity contribution in [3.63, 3.8) is 0 Å². The summed E-state index contributed by atoms with van der Waals surface area (Å²) in [6.45, 7) is 4.15. The Morgan fingerprint density at radius 2 is 1.71 bits per heavy atom. The molecular weight excluding hydrogens is 327 g/mol. The van der Waals surface area contributed by atoms with Gasteiger partial charge in [-0.15, -0.1) is 0 Å². The molecule has 0 saturated carbocycles. The maximum absolute atomic E-state index is 11.3. The van der Waals surface area contributed by atoms with Gasteiger partial charge in [-0.1, -0.05) is 13.8 Å². The van der Waals surface area contributed by atoms with E-state index in [0.717, 1.165) is 35.3 Å². The zero-order valence-corrected chi connectivity index (χ0v) is 12.0. The lowest BCUT2D eigenvalue weighted by molar-refractivity contribution is 0.110. The average Bonchev–Trinajstić information content (AvgIpc) is 2.36. The molecule has 1 aromatic carbocycles. The van der Waals surface area contributed by atoms with E-state index in [2.05, 4.69) is 23.8 Å². The van der Waals surface area contributed by atoms with E-state index in [4.69, 9.17) is 0 Å². The number of carbonyl (C=O) groups is 1. The first-order valence-corrected chi connectivity index (χ1v) is 6.73. The van der Waals surface area contributed by atoms with Gasteiger partial charge in [0.2, 0.25) is 3.79 Å². The average molecular weight is 340 g/mol. The minimum absolute atomic E-state index is 0.0314. The molecule has 4 heteroatoms. The molecule has 0 amide bonds. The van der Waals surface area contributed by atoms with Crippen molar-refractivity contribution in [3.05, 3.63) is 35.2 Å². The molecule has 3 nitrogen and oxygen atoms in total. The first-order chi connectivity index (χ1) is 8.15. The number of hydrogen-bond donors (Lipinski definition) is 0. The second-order valence-corrected chi connectivity index (χ2v) is 4.78. The maximum Gasteiger partial charge on any atom is 0.222 e. The summed E-state index contributed by atoms with van der Waals surface area (Å²) in [7, 11) is 0. The Morgan fingerprint density at radius 3 is 2.24 bits per heavy atom. The summed E-state index contributed by atoms with van der Waals surface area (Å²) < 4.78 is 0.0314. The van der Waals surface area contributed by atoms with Crippen LogP contribution in [0.5, 0.6) is 0 Å². The van der Waals surface area contributed by atoms with Crippen molar-refractivity contribution in [2.75, 3.05) is 0 Å². The van der Waals surface area contributed by atoms with Gasteiger partial charge < -0.3 is 0 Å². The normalized spacial score (nSPS) is 10.8. The fourth-order valence-corrected chi connectivity index (χ4v) is 2.15. The summed E-state index contributed by atoms with van der Waals surface area (Å²) in [4.78, 5) is 20.5. The molecule has 0 saturated heterocycles. The number of halogens is 1. The molecule has 0 unspecified atom stereocenters. The van der Waals surface area contributed by atoms with E-state index in [1.807, 2.05) is 12.1 Å². The van der Waals surface area contributed by atoms with Crippen LogP contribution < -0.4 is 0 Å². The highest BCUT2D eigenvalue weighted by Gasteiger charge is 2.08. The number of aryl methyl sites for hydroxylation is 2. The summed E-state index contributed by atoms with van der Waals surface area (Å²) in [5.74, 6) is 0.